The van der Waals surface area contributed by atoms with Gasteiger partial charge in [0, 0.05) is 15.1 Å². The smallest absolute Gasteiger partial charge is 0.343 e. The van der Waals surface area contributed by atoms with Crippen molar-refractivity contribution < 1.29 is 23.8 Å². The largest absolute Gasteiger partial charge is 0.494 e. The zero-order valence-electron chi connectivity index (χ0n) is 19.5. The van der Waals surface area contributed by atoms with E-state index >= 15 is 0 Å². The first-order chi connectivity index (χ1) is 17.3. The van der Waals surface area contributed by atoms with E-state index in [9.17, 15) is 9.59 Å². The van der Waals surface area contributed by atoms with Crippen molar-refractivity contribution >= 4 is 57.2 Å². The van der Waals surface area contributed by atoms with Gasteiger partial charge in [0.15, 0.2) is 6.10 Å². The number of ether oxygens (including phenoxy) is 3. The van der Waals surface area contributed by atoms with Crippen molar-refractivity contribution in [3.8, 4) is 17.2 Å². The van der Waals surface area contributed by atoms with Crippen LogP contribution in [0.1, 0.15) is 36.2 Å². The summed E-state index contributed by atoms with van der Waals surface area (Å²) in [6.45, 7) is 4.17. The molecule has 0 unspecified atom stereocenters. The lowest BCUT2D eigenvalue weighted by atomic mass is 10.2. The molecule has 7 nitrogen and oxygen atoms in total. The molecule has 0 aliphatic rings. The number of nitrogens with one attached hydrogen (secondary N) is 1. The fourth-order valence-corrected chi connectivity index (χ4v) is 3.68. The van der Waals surface area contributed by atoms with Gasteiger partial charge in [-0.3, -0.25) is 4.79 Å². The van der Waals surface area contributed by atoms with Crippen molar-refractivity contribution in [1.29, 1.82) is 0 Å². The topological polar surface area (TPSA) is 86.2 Å². The zero-order valence-corrected chi connectivity index (χ0v) is 22.6. The maximum Gasteiger partial charge on any atom is 0.343 e. The number of hydrogen-bond acceptors (Lipinski definition) is 6. The van der Waals surface area contributed by atoms with Gasteiger partial charge in [0.2, 0.25) is 0 Å². The quantitative estimate of drug-likeness (QED) is 0.123. The number of benzene rings is 3. The summed E-state index contributed by atoms with van der Waals surface area (Å²) >= 11 is 15.3. The summed E-state index contributed by atoms with van der Waals surface area (Å²) in [6, 6.07) is 16.5. The van der Waals surface area contributed by atoms with Crippen LogP contribution in [-0.2, 0) is 4.79 Å². The average Bonchev–Trinajstić information content (AvgIpc) is 2.86. The van der Waals surface area contributed by atoms with Crippen LogP contribution >= 0.6 is 39.1 Å². The molecule has 0 radical (unpaired) electrons. The summed E-state index contributed by atoms with van der Waals surface area (Å²) in [5.74, 6) is 0.219. The summed E-state index contributed by atoms with van der Waals surface area (Å²) in [6.07, 6.45) is 1.38. The van der Waals surface area contributed by atoms with Crippen LogP contribution in [0, 0.1) is 0 Å². The Morgan fingerprint density at radius 1 is 1.06 bits per heavy atom. The Balaban J connectivity index is 1.64. The number of nitrogens with zero attached hydrogens (tertiary/aromatic N) is 1. The van der Waals surface area contributed by atoms with Crippen LogP contribution < -0.4 is 19.6 Å². The van der Waals surface area contributed by atoms with Crippen molar-refractivity contribution in [2.45, 2.75) is 26.4 Å². The number of hydrogen-bond donors (Lipinski definition) is 1. The van der Waals surface area contributed by atoms with Crippen molar-refractivity contribution in [3.63, 3.8) is 0 Å². The number of amides is 1. The van der Waals surface area contributed by atoms with Crippen LogP contribution in [0.25, 0.3) is 0 Å². The van der Waals surface area contributed by atoms with E-state index in [2.05, 4.69) is 26.5 Å². The van der Waals surface area contributed by atoms with Crippen LogP contribution in [0.5, 0.6) is 17.2 Å². The minimum atomic E-state index is -0.884. The van der Waals surface area contributed by atoms with Gasteiger partial charge in [-0.05, 0) is 74.0 Å². The molecule has 0 fully saturated rings. The van der Waals surface area contributed by atoms with Crippen LogP contribution in [0.3, 0.4) is 0 Å². The molecule has 1 N–H and O–H groups in total. The van der Waals surface area contributed by atoms with Gasteiger partial charge in [0.05, 0.1) is 23.4 Å². The average molecular weight is 594 g/mol. The summed E-state index contributed by atoms with van der Waals surface area (Å²) in [5, 5.41) is 4.72. The highest BCUT2D eigenvalue weighted by molar-refractivity contribution is 9.10. The second-order valence-electron chi connectivity index (χ2n) is 7.51. The summed E-state index contributed by atoms with van der Waals surface area (Å²) in [4.78, 5) is 25.0. The normalized spacial score (nSPS) is 11.7. The molecular formula is C26H23BrCl2N2O5. The highest BCUT2D eigenvalue weighted by atomic mass is 79.9. The van der Waals surface area contributed by atoms with E-state index in [0.717, 1.165) is 10.9 Å². The van der Waals surface area contributed by atoms with Crippen LogP contribution in [-0.4, -0.2) is 30.8 Å². The van der Waals surface area contributed by atoms with E-state index in [1.54, 1.807) is 61.5 Å². The lowest BCUT2D eigenvalue weighted by Gasteiger charge is -2.14. The van der Waals surface area contributed by atoms with Crippen LogP contribution in [0.4, 0.5) is 0 Å². The summed E-state index contributed by atoms with van der Waals surface area (Å²) in [7, 11) is 0. The minimum Gasteiger partial charge on any atom is -0.494 e. The van der Waals surface area contributed by atoms with Gasteiger partial charge in [-0.15, -0.1) is 0 Å². The molecule has 188 valence electrons. The number of halogens is 3. The van der Waals surface area contributed by atoms with E-state index in [1.807, 2.05) is 6.92 Å². The van der Waals surface area contributed by atoms with E-state index in [0.29, 0.717) is 34.3 Å². The second-order valence-corrected chi connectivity index (χ2v) is 9.27. The van der Waals surface area contributed by atoms with Crippen molar-refractivity contribution in [1.82, 2.24) is 5.43 Å². The third kappa shape index (κ3) is 7.98. The lowest BCUT2D eigenvalue weighted by Crippen LogP contribution is -2.33. The second kappa shape index (κ2) is 13.3. The molecule has 1 atom stereocenters. The standard InChI is InChI=1S/C26H23BrCl2N2O5/c1-3-12-34-21-8-4-17(5-9-21)26(33)36-23-10-6-19(27)13-18(23)15-30-31-25(32)16(2)35-24-11-7-20(28)14-22(24)29/h4-11,13-16H,3,12H2,1-2H3,(H,31,32)/b30-15-/t16-/m0/s1. The molecule has 3 aromatic rings. The van der Waals surface area contributed by atoms with Gasteiger partial charge in [0.1, 0.15) is 17.2 Å². The van der Waals surface area contributed by atoms with Gasteiger partial charge < -0.3 is 14.2 Å². The zero-order chi connectivity index (χ0) is 26.1. The Bertz CT molecular complexity index is 1250. The molecular weight excluding hydrogens is 571 g/mol. The molecule has 0 aliphatic heterocycles. The predicted molar refractivity (Wildman–Crippen MR) is 144 cm³/mol. The molecule has 10 heteroatoms. The first kappa shape index (κ1) is 27.5. The molecule has 3 rings (SSSR count). The first-order valence-corrected chi connectivity index (χ1v) is 12.5. The van der Waals surface area contributed by atoms with Crippen molar-refractivity contribution in [3.05, 3.63) is 86.3 Å². The molecule has 0 aromatic heterocycles. The summed E-state index contributed by atoms with van der Waals surface area (Å²) < 4.78 is 17.4. The maximum absolute atomic E-state index is 12.6. The number of rotatable bonds is 10. The SMILES string of the molecule is CCCOc1ccc(C(=O)Oc2ccc(Br)cc2/C=N\NC(=O)[C@H](C)Oc2ccc(Cl)cc2Cl)cc1. The van der Waals surface area contributed by atoms with Crippen molar-refractivity contribution in [2.24, 2.45) is 5.10 Å². The monoisotopic (exact) mass is 592 g/mol. The van der Waals surface area contributed by atoms with E-state index in [4.69, 9.17) is 37.4 Å². The minimum absolute atomic E-state index is 0.268. The molecule has 0 saturated carbocycles. The predicted octanol–water partition coefficient (Wildman–Crippen LogP) is 6.68. The van der Waals surface area contributed by atoms with Crippen LogP contribution in [0.15, 0.2) is 70.2 Å². The van der Waals surface area contributed by atoms with Gasteiger partial charge in [-0.2, -0.15) is 5.10 Å². The third-order valence-electron chi connectivity index (χ3n) is 4.68. The molecule has 0 aliphatic carbocycles. The van der Waals surface area contributed by atoms with E-state index in [-0.39, 0.29) is 10.8 Å². The van der Waals surface area contributed by atoms with Gasteiger partial charge in [-0.25, -0.2) is 10.2 Å². The Labute approximate surface area is 227 Å². The fraction of sp³-hybridized carbons (Fsp3) is 0.192. The third-order valence-corrected chi connectivity index (χ3v) is 5.71. The maximum atomic E-state index is 12.6. The molecule has 0 bridgehead atoms. The molecule has 0 saturated heterocycles. The number of carbonyl (C=O) groups is 2. The Kier molecular flexibility index (Phi) is 10.2. The number of carbonyl (C=O) groups excluding carboxylic acids is 2. The van der Waals surface area contributed by atoms with E-state index in [1.165, 1.54) is 12.3 Å². The van der Waals surface area contributed by atoms with Crippen molar-refractivity contribution in [2.75, 3.05) is 6.61 Å². The Morgan fingerprint density at radius 3 is 2.47 bits per heavy atom. The molecule has 0 spiro atoms. The Morgan fingerprint density at radius 2 is 1.78 bits per heavy atom. The molecule has 36 heavy (non-hydrogen) atoms. The van der Waals surface area contributed by atoms with Gasteiger partial charge >= 0.3 is 5.97 Å². The molecule has 1 amide bonds. The highest BCUT2D eigenvalue weighted by Crippen LogP contribution is 2.28. The number of esters is 1. The van der Waals surface area contributed by atoms with Gasteiger partial charge in [0.25, 0.3) is 5.91 Å². The fourth-order valence-electron chi connectivity index (χ4n) is 2.85. The molecule has 0 heterocycles. The Hall–Kier alpha value is -3.07. The number of hydrazone groups is 1. The lowest BCUT2D eigenvalue weighted by molar-refractivity contribution is -0.127. The molecule has 3 aromatic carbocycles. The van der Waals surface area contributed by atoms with Crippen LogP contribution in [0.2, 0.25) is 10.0 Å². The highest BCUT2D eigenvalue weighted by Gasteiger charge is 2.16. The summed E-state index contributed by atoms with van der Waals surface area (Å²) in [5.41, 5.74) is 3.24. The van der Waals surface area contributed by atoms with Gasteiger partial charge in [-0.1, -0.05) is 46.1 Å². The van der Waals surface area contributed by atoms with E-state index < -0.39 is 18.0 Å². The first-order valence-electron chi connectivity index (χ1n) is 11.0.